The third-order valence-electron chi connectivity index (χ3n) is 2.73. The van der Waals surface area contributed by atoms with Crippen molar-refractivity contribution in [2.24, 2.45) is 0 Å². The summed E-state index contributed by atoms with van der Waals surface area (Å²) in [6.07, 6.45) is 1.07. The highest BCUT2D eigenvalue weighted by atomic mass is 79.9. The zero-order valence-corrected chi connectivity index (χ0v) is 11.9. The number of ether oxygens (including phenoxy) is 1. The lowest BCUT2D eigenvalue weighted by atomic mass is 10.2. The number of rotatable bonds is 4. The SMILES string of the molecule is C[C@H](OC(=O)c1ccc(F)cc1Br)C(=O)NC1CC1. The van der Waals surface area contributed by atoms with Crippen molar-refractivity contribution >= 4 is 27.8 Å². The molecule has 0 radical (unpaired) electrons. The van der Waals surface area contributed by atoms with Gasteiger partial charge in [-0.2, -0.15) is 0 Å². The van der Waals surface area contributed by atoms with E-state index in [2.05, 4.69) is 21.2 Å². The van der Waals surface area contributed by atoms with Gasteiger partial charge in [0.15, 0.2) is 6.10 Å². The number of carbonyl (C=O) groups excluding carboxylic acids is 2. The molecule has 6 heteroatoms. The van der Waals surface area contributed by atoms with Gasteiger partial charge >= 0.3 is 5.97 Å². The van der Waals surface area contributed by atoms with Gasteiger partial charge in [-0.05, 0) is 53.9 Å². The molecule has 2 rings (SSSR count). The normalized spacial score (nSPS) is 15.7. The topological polar surface area (TPSA) is 55.4 Å². The van der Waals surface area contributed by atoms with Crippen LogP contribution in [0.4, 0.5) is 4.39 Å². The van der Waals surface area contributed by atoms with Gasteiger partial charge < -0.3 is 10.1 Å². The maximum Gasteiger partial charge on any atom is 0.340 e. The maximum absolute atomic E-state index is 12.9. The number of amides is 1. The van der Waals surface area contributed by atoms with E-state index in [0.29, 0.717) is 4.47 Å². The molecular weight excluding hydrogens is 317 g/mol. The summed E-state index contributed by atoms with van der Waals surface area (Å²) in [5, 5.41) is 2.75. The van der Waals surface area contributed by atoms with E-state index < -0.39 is 17.9 Å². The van der Waals surface area contributed by atoms with Gasteiger partial charge in [-0.1, -0.05) is 0 Å². The quantitative estimate of drug-likeness (QED) is 0.863. The van der Waals surface area contributed by atoms with Crippen LogP contribution in [-0.2, 0) is 9.53 Å². The number of carbonyl (C=O) groups is 2. The fourth-order valence-corrected chi connectivity index (χ4v) is 1.99. The van der Waals surface area contributed by atoms with Gasteiger partial charge in [0, 0.05) is 10.5 Å². The molecule has 0 aliphatic heterocycles. The van der Waals surface area contributed by atoms with Crippen LogP contribution in [0.5, 0.6) is 0 Å². The Kier molecular flexibility index (Phi) is 4.19. The Bertz CT molecular complexity index is 517. The summed E-state index contributed by atoms with van der Waals surface area (Å²) in [6.45, 7) is 1.51. The molecule has 1 N–H and O–H groups in total. The fraction of sp³-hybridized carbons (Fsp3) is 0.385. The predicted octanol–water partition coefficient (Wildman–Crippen LogP) is 2.41. The Hall–Kier alpha value is -1.43. The molecule has 1 aliphatic carbocycles. The average molecular weight is 330 g/mol. The molecule has 0 heterocycles. The van der Waals surface area contributed by atoms with Crippen LogP contribution in [0.25, 0.3) is 0 Å². The molecule has 1 aromatic rings. The molecule has 0 unspecified atom stereocenters. The fourth-order valence-electron chi connectivity index (χ4n) is 1.48. The molecule has 1 amide bonds. The van der Waals surface area contributed by atoms with Crippen molar-refractivity contribution in [2.75, 3.05) is 0 Å². The van der Waals surface area contributed by atoms with E-state index >= 15 is 0 Å². The average Bonchev–Trinajstić information content (AvgIpc) is 3.12. The van der Waals surface area contributed by atoms with Crippen LogP contribution in [0.3, 0.4) is 0 Å². The first-order chi connectivity index (χ1) is 8.97. The van der Waals surface area contributed by atoms with Crippen molar-refractivity contribution in [2.45, 2.75) is 31.9 Å². The van der Waals surface area contributed by atoms with Gasteiger partial charge in [-0.3, -0.25) is 4.79 Å². The molecule has 0 spiro atoms. The van der Waals surface area contributed by atoms with Crippen LogP contribution in [0.2, 0.25) is 0 Å². The number of benzene rings is 1. The van der Waals surface area contributed by atoms with Crippen LogP contribution < -0.4 is 5.32 Å². The highest BCUT2D eigenvalue weighted by molar-refractivity contribution is 9.10. The van der Waals surface area contributed by atoms with Crippen LogP contribution in [0.15, 0.2) is 22.7 Å². The number of hydrogen-bond acceptors (Lipinski definition) is 3. The molecule has 19 heavy (non-hydrogen) atoms. The summed E-state index contributed by atoms with van der Waals surface area (Å²) in [4.78, 5) is 23.5. The second kappa shape index (κ2) is 5.69. The molecule has 1 aromatic carbocycles. The predicted molar refractivity (Wildman–Crippen MR) is 70.1 cm³/mol. The van der Waals surface area contributed by atoms with Crippen LogP contribution >= 0.6 is 15.9 Å². The minimum atomic E-state index is -0.870. The van der Waals surface area contributed by atoms with Crippen LogP contribution in [-0.4, -0.2) is 24.0 Å². The van der Waals surface area contributed by atoms with Crippen molar-refractivity contribution in [1.29, 1.82) is 0 Å². The summed E-state index contributed by atoms with van der Waals surface area (Å²) in [5.74, 6) is -1.43. The summed E-state index contributed by atoms with van der Waals surface area (Å²) in [7, 11) is 0. The Morgan fingerprint density at radius 2 is 2.16 bits per heavy atom. The monoisotopic (exact) mass is 329 g/mol. The van der Waals surface area contributed by atoms with E-state index in [9.17, 15) is 14.0 Å². The Labute approximate surface area is 118 Å². The maximum atomic E-state index is 12.9. The number of esters is 1. The molecule has 4 nitrogen and oxygen atoms in total. The van der Waals surface area contributed by atoms with Gasteiger partial charge in [0.2, 0.25) is 0 Å². The molecule has 1 aliphatic rings. The molecular formula is C13H13BrFNO3. The lowest BCUT2D eigenvalue weighted by Gasteiger charge is -2.13. The van der Waals surface area contributed by atoms with E-state index in [1.54, 1.807) is 0 Å². The Morgan fingerprint density at radius 1 is 1.47 bits per heavy atom. The molecule has 1 atom stereocenters. The van der Waals surface area contributed by atoms with Crippen molar-refractivity contribution in [3.05, 3.63) is 34.1 Å². The van der Waals surface area contributed by atoms with E-state index in [0.717, 1.165) is 18.9 Å². The van der Waals surface area contributed by atoms with E-state index in [4.69, 9.17) is 4.74 Å². The van der Waals surface area contributed by atoms with Crippen molar-refractivity contribution in [3.8, 4) is 0 Å². The standard InChI is InChI=1S/C13H13BrFNO3/c1-7(12(17)16-9-3-4-9)19-13(18)10-5-2-8(15)6-11(10)14/h2,5-7,9H,3-4H2,1H3,(H,16,17)/t7-/m0/s1. The number of hydrogen-bond donors (Lipinski definition) is 1. The third-order valence-corrected chi connectivity index (χ3v) is 3.38. The van der Waals surface area contributed by atoms with Crippen LogP contribution in [0.1, 0.15) is 30.1 Å². The summed E-state index contributed by atoms with van der Waals surface area (Å²) < 4.78 is 18.2. The van der Waals surface area contributed by atoms with Crippen molar-refractivity contribution < 1.29 is 18.7 Å². The highest BCUT2D eigenvalue weighted by Gasteiger charge is 2.27. The highest BCUT2D eigenvalue weighted by Crippen LogP contribution is 2.21. The van der Waals surface area contributed by atoms with Crippen molar-refractivity contribution in [3.63, 3.8) is 0 Å². The van der Waals surface area contributed by atoms with Gasteiger partial charge in [-0.15, -0.1) is 0 Å². The first-order valence-corrected chi connectivity index (χ1v) is 6.73. The Morgan fingerprint density at radius 3 is 2.74 bits per heavy atom. The molecule has 0 saturated heterocycles. The lowest BCUT2D eigenvalue weighted by Crippen LogP contribution is -2.37. The largest absolute Gasteiger partial charge is 0.449 e. The summed E-state index contributed by atoms with van der Waals surface area (Å²) in [5.41, 5.74) is 0.187. The zero-order chi connectivity index (χ0) is 14.0. The third kappa shape index (κ3) is 3.76. The molecule has 1 saturated carbocycles. The molecule has 1 fully saturated rings. The van der Waals surface area contributed by atoms with Gasteiger partial charge in [0.1, 0.15) is 5.82 Å². The van der Waals surface area contributed by atoms with Crippen molar-refractivity contribution in [1.82, 2.24) is 5.32 Å². The Balaban J connectivity index is 1.97. The molecule has 0 aromatic heterocycles. The zero-order valence-electron chi connectivity index (χ0n) is 10.3. The summed E-state index contributed by atoms with van der Waals surface area (Å²) >= 11 is 3.08. The van der Waals surface area contributed by atoms with E-state index in [-0.39, 0.29) is 17.5 Å². The first-order valence-electron chi connectivity index (χ1n) is 5.94. The van der Waals surface area contributed by atoms with Gasteiger partial charge in [0.05, 0.1) is 5.56 Å². The first kappa shape index (κ1) is 14.0. The summed E-state index contributed by atoms with van der Waals surface area (Å²) in [6, 6.07) is 3.86. The van der Waals surface area contributed by atoms with E-state index in [1.165, 1.54) is 19.1 Å². The van der Waals surface area contributed by atoms with Gasteiger partial charge in [-0.25, -0.2) is 9.18 Å². The lowest BCUT2D eigenvalue weighted by molar-refractivity contribution is -0.129. The van der Waals surface area contributed by atoms with Crippen LogP contribution in [0, 0.1) is 5.82 Å². The number of halogens is 2. The number of nitrogens with one attached hydrogen (secondary N) is 1. The minimum absolute atomic E-state index is 0.187. The second-order valence-corrected chi connectivity index (χ2v) is 5.31. The second-order valence-electron chi connectivity index (χ2n) is 4.45. The van der Waals surface area contributed by atoms with Gasteiger partial charge in [0.25, 0.3) is 5.91 Å². The molecule has 0 bridgehead atoms. The van der Waals surface area contributed by atoms with E-state index in [1.807, 2.05) is 0 Å². The minimum Gasteiger partial charge on any atom is -0.449 e. The molecule has 102 valence electrons. The smallest absolute Gasteiger partial charge is 0.340 e.